The van der Waals surface area contributed by atoms with Crippen LogP contribution in [0.1, 0.15) is 31.7 Å². The fourth-order valence-electron chi connectivity index (χ4n) is 2.02. The van der Waals surface area contributed by atoms with E-state index in [2.05, 4.69) is 5.16 Å². The van der Waals surface area contributed by atoms with Gasteiger partial charge in [0.1, 0.15) is 5.15 Å². The second-order valence-electron chi connectivity index (χ2n) is 4.58. The Morgan fingerprint density at radius 2 is 2.20 bits per heavy atom. The van der Waals surface area contributed by atoms with E-state index in [0.717, 1.165) is 29.3 Å². The molecule has 0 unspecified atom stereocenters. The van der Waals surface area contributed by atoms with Crippen LogP contribution in [-0.4, -0.2) is 16.8 Å². The normalized spacial score (nSPS) is 11.3. The zero-order chi connectivity index (χ0) is 14.5. The lowest BCUT2D eigenvalue weighted by molar-refractivity contribution is -0.143. The number of aryl methyl sites for hydroxylation is 1. The summed E-state index contributed by atoms with van der Waals surface area (Å²) in [4.78, 5) is 16.2. The number of carbonyl (C=O) groups is 1. The van der Waals surface area contributed by atoms with Crippen LogP contribution < -0.4 is 0 Å². The van der Waals surface area contributed by atoms with Crippen LogP contribution in [0.15, 0.2) is 29.4 Å². The number of carbonyl (C=O) groups excluding carboxylic acids is 1. The number of halogens is 1. The third kappa shape index (κ3) is 3.02. The summed E-state index contributed by atoms with van der Waals surface area (Å²) in [5, 5.41) is 5.30. The number of fused-ring (bicyclic) bond motifs is 1. The Labute approximate surface area is 123 Å². The summed E-state index contributed by atoms with van der Waals surface area (Å²) in [5.74, 6) is -0.320. The highest BCUT2D eigenvalue weighted by molar-refractivity contribution is 6.34. The highest BCUT2D eigenvalue weighted by Crippen LogP contribution is 2.27. The van der Waals surface area contributed by atoms with Gasteiger partial charge in [0, 0.05) is 29.9 Å². The Morgan fingerprint density at radius 1 is 1.45 bits per heavy atom. The minimum Gasteiger partial charge on any atom is -0.334 e. The van der Waals surface area contributed by atoms with Crippen molar-refractivity contribution in [2.75, 3.05) is 0 Å². The molecular formula is C15H17ClN2O2. The molecule has 0 saturated heterocycles. The van der Waals surface area contributed by atoms with Crippen molar-refractivity contribution in [1.29, 1.82) is 0 Å². The number of aromatic nitrogens is 1. The average Bonchev–Trinajstić information content (AvgIpc) is 2.70. The molecule has 0 N–H and O–H groups in total. The standard InChI is InChI=1S/C15H17ClN2O2/c1-3-4-9-14(19)20-17-10-12-11-7-5-6-8-13(11)18(2)15(12)16/h5-8,10H,3-4,9H2,1-2H3/b17-10-. The summed E-state index contributed by atoms with van der Waals surface area (Å²) in [6.07, 6.45) is 3.64. The van der Waals surface area contributed by atoms with Gasteiger partial charge in [-0.15, -0.1) is 0 Å². The highest BCUT2D eigenvalue weighted by atomic mass is 35.5. The quantitative estimate of drug-likeness (QED) is 0.476. The fourth-order valence-corrected chi connectivity index (χ4v) is 2.26. The molecule has 1 aromatic heterocycles. The van der Waals surface area contributed by atoms with Crippen molar-refractivity contribution < 1.29 is 9.63 Å². The van der Waals surface area contributed by atoms with E-state index >= 15 is 0 Å². The van der Waals surface area contributed by atoms with Crippen molar-refractivity contribution in [1.82, 2.24) is 4.57 Å². The number of hydrogen-bond donors (Lipinski definition) is 0. The predicted octanol–water partition coefficient (Wildman–Crippen LogP) is 3.90. The first kappa shape index (κ1) is 14.6. The van der Waals surface area contributed by atoms with Gasteiger partial charge < -0.3 is 9.40 Å². The van der Waals surface area contributed by atoms with Crippen molar-refractivity contribution in [2.45, 2.75) is 26.2 Å². The Kier molecular flexibility index (Phi) is 4.79. The largest absolute Gasteiger partial charge is 0.335 e. The van der Waals surface area contributed by atoms with Gasteiger partial charge in [0.2, 0.25) is 0 Å². The van der Waals surface area contributed by atoms with Crippen LogP contribution in [0.5, 0.6) is 0 Å². The number of unbranched alkanes of at least 4 members (excludes halogenated alkanes) is 1. The lowest BCUT2D eigenvalue weighted by atomic mass is 10.2. The molecule has 4 nitrogen and oxygen atoms in total. The molecular weight excluding hydrogens is 276 g/mol. The van der Waals surface area contributed by atoms with Crippen LogP contribution >= 0.6 is 11.6 Å². The maximum atomic E-state index is 11.4. The molecule has 2 aromatic rings. The SMILES string of the molecule is CCCCC(=O)O/N=C\c1c(Cl)n(C)c2ccccc12. The maximum Gasteiger partial charge on any atom is 0.335 e. The molecule has 0 aliphatic heterocycles. The monoisotopic (exact) mass is 292 g/mol. The molecule has 1 aromatic carbocycles. The molecule has 0 fully saturated rings. The van der Waals surface area contributed by atoms with E-state index in [1.54, 1.807) is 0 Å². The van der Waals surface area contributed by atoms with E-state index in [1.807, 2.05) is 42.8 Å². The van der Waals surface area contributed by atoms with Gasteiger partial charge in [-0.2, -0.15) is 0 Å². The summed E-state index contributed by atoms with van der Waals surface area (Å²) in [6.45, 7) is 2.02. The second kappa shape index (κ2) is 6.57. The molecule has 5 heteroatoms. The van der Waals surface area contributed by atoms with Crippen molar-refractivity contribution in [3.63, 3.8) is 0 Å². The van der Waals surface area contributed by atoms with Crippen LogP contribution in [-0.2, 0) is 16.7 Å². The molecule has 0 radical (unpaired) electrons. The summed E-state index contributed by atoms with van der Waals surface area (Å²) in [5.41, 5.74) is 1.77. The molecule has 20 heavy (non-hydrogen) atoms. The van der Waals surface area contributed by atoms with Crippen molar-refractivity contribution in [2.24, 2.45) is 12.2 Å². The van der Waals surface area contributed by atoms with Crippen LogP contribution in [0, 0.1) is 0 Å². The average molecular weight is 293 g/mol. The van der Waals surface area contributed by atoms with Gasteiger partial charge in [0.25, 0.3) is 0 Å². The Hall–Kier alpha value is -1.81. The topological polar surface area (TPSA) is 43.6 Å². The van der Waals surface area contributed by atoms with Crippen molar-refractivity contribution in [3.8, 4) is 0 Å². The summed E-state index contributed by atoms with van der Waals surface area (Å²) < 4.78 is 1.87. The first-order chi connectivity index (χ1) is 9.65. The fraction of sp³-hybridized carbons (Fsp3) is 0.333. The lowest BCUT2D eigenvalue weighted by Crippen LogP contribution is -1.99. The molecule has 0 spiro atoms. The van der Waals surface area contributed by atoms with Crippen LogP contribution in [0.3, 0.4) is 0 Å². The zero-order valence-electron chi connectivity index (χ0n) is 11.6. The van der Waals surface area contributed by atoms with Gasteiger partial charge in [-0.25, -0.2) is 4.79 Å². The lowest BCUT2D eigenvalue weighted by Gasteiger charge is -1.96. The third-order valence-electron chi connectivity index (χ3n) is 3.14. The Bertz CT molecular complexity index is 647. The molecule has 106 valence electrons. The Balaban J connectivity index is 2.17. The molecule has 2 rings (SSSR count). The van der Waals surface area contributed by atoms with Crippen LogP contribution in [0.25, 0.3) is 10.9 Å². The number of rotatable bonds is 5. The van der Waals surface area contributed by atoms with E-state index in [9.17, 15) is 4.79 Å². The molecule has 0 saturated carbocycles. The molecule has 0 bridgehead atoms. The Morgan fingerprint density at radius 3 is 2.95 bits per heavy atom. The molecule has 0 aliphatic carbocycles. The van der Waals surface area contributed by atoms with Crippen molar-refractivity contribution in [3.05, 3.63) is 35.0 Å². The van der Waals surface area contributed by atoms with Gasteiger partial charge in [-0.1, -0.05) is 48.3 Å². The van der Waals surface area contributed by atoms with Gasteiger partial charge >= 0.3 is 5.97 Å². The minimum atomic E-state index is -0.320. The van der Waals surface area contributed by atoms with Gasteiger partial charge in [0.05, 0.1) is 6.21 Å². The minimum absolute atomic E-state index is 0.320. The van der Waals surface area contributed by atoms with Gasteiger partial charge in [-0.05, 0) is 12.5 Å². The van der Waals surface area contributed by atoms with E-state index < -0.39 is 0 Å². The highest BCUT2D eigenvalue weighted by Gasteiger charge is 2.11. The third-order valence-corrected chi connectivity index (χ3v) is 3.60. The number of hydrogen-bond acceptors (Lipinski definition) is 3. The maximum absolute atomic E-state index is 11.4. The van der Waals surface area contributed by atoms with Gasteiger partial charge in [0.15, 0.2) is 0 Å². The molecule has 0 atom stereocenters. The number of oxime groups is 1. The summed E-state index contributed by atoms with van der Waals surface area (Å²) in [6, 6.07) is 7.82. The van der Waals surface area contributed by atoms with E-state index in [-0.39, 0.29) is 5.97 Å². The number of benzene rings is 1. The smallest absolute Gasteiger partial charge is 0.334 e. The first-order valence-corrected chi connectivity index (χ1v) is 6.99. The van der Waals surface area contributed by atoms with Crippen LogP contribution in [0.2, 0.25) is 5.15 Å². The van der Waals surface area contributed by atoms with E-state index in [1.165, 1.54) is 6.21 Å². The number of para-hydroxylation sites is 1. The molecule has 0 amide bonds. The van der Waals surface area contributed by atoms with Crippen molar-refractivity contribution >= 4 is 34.7 Å². The van der Waals surface area contributed by atoms with E-state index in [0.29, 0.717) is 11.6 Å². The van der Waals surface area contributed by atoms with E-state index in [4.69, 9.17) is 16.4 Å². The van der Waals surface area contributed by atoms with Gasteiger partial charge in [-0.3, -0.25) is 0 Å². The first-order valence-electron chi connectivity index (χ1n) is 6.61. The second-order valence-corrected chi connectivity index (χ2v) is 4.94. The van der Waals surface area contributed by atoms with Crippen LogP contribution in [0.4, 0.5) is 0 Å². The predicted molar refractivity (Wildman–Crippen MR) is 81.1 cm³/mol. The summed E-state index contributed by atoms with van der Waals surface area (Å²) >= 11 is 6.27. The molecule has 1 heterocycles. The number of nitrogens with zero attached hydrogens (tertiary/aromatic N) is 2. The summed E-state index contributed by atoms with van der Waals surface area (Å²) in [7, 11) is 1.88. The zero-order valence-corrected chi connectivity index (χ0v) is 12.4. The molecule has 0 aliphatic rings.